The molecule has 5 heteroatoms. The van der Waals surface area contributed by atoms with Gasteiger partial charge in [-0.3, -0.25) is 4.79 Å². The summed E-state index contributed by atoms with van der Waals surface area (Å²) in [6.07, 6.45) is 3.26. The van der Waals surface area contributed by atoms with E-state index >= 15 is 0 Å². The summed E-state index contributed by atoms with van der Waals surface area (Å²) in [6, 6.07) is 13.4. The molecule has 0 atom stereocenters. The Hall–Kier alpha value is -2.59. The molecular formula is C20H20ClN3O. The number of aryl methyl sites for hydroxylation is 1. The monoisotopic (exact) mass is 353 g/mol. The highest BCUT2D eigenvalue weighted by Crippen LogP contribution is 2.28. The van der Waals surface area contributed by atoms with E-state index < -0.39 is 0 Å². The molecule has 0 bridgehead atoms. The lowest BCUT2D eigenvalue weighted by molar-refractivity contribution is 0.102. The second kappa shape index (κ2) is 7.11. The summed E-state index contributed by atoms with van der Waals surface area (Å²) in [5.74, 6) is 0.147. The maximum Gasteiger partial charge on any atom is 0.258 e. The minimum absolute atomic E-state index is 0.176. The minimum Gasteiger partial charge on any atom is -0.321 e. The topological polar surface area (TPSA) is 46.9 Å². The van der Waals surface area contributed by atoms with Crippen LogP contribution in [-0.4, -0.2) is 15.7 Å². The van der Waals surface area contributed by atoms with Crippen LogP contribution >= 0.6 is 11.6 Å². The predicted octanol–water partition coefficient (Wildman–Crippen LogP) is 5.21. The quantitative estimate of drug-likeness (QED) is 0.699. The zero-order valence-corrected chi connectivity index (χ0v) is 15.2. The largest absolute Gasteiger partial charge is 0.321 e. The van der Waals surface area contributed by atoms with Gasteiger partial charge in [-0.2, -0.15) is 5.10 Å². The van der Waals surface area contributed by atoms with E-state index in [1.807, 2.05) is 37.3 Å². The van der Waals surface area contributed by atoms with Crippen LogP contribution < -0.4 is 5.32 Å². The van der Waals surface area contributed by atoms with Crippen molar-refractivity contribution in [3.05, 3.63) is 76.6 Å². The van der Waals surface area contributed by atoms with Crippen molar-refractivity contribution < 1.29 is 4.79 Å². The third-order valence-corrected chi connectivity index (χ3v) is 4.32. The number of para-hydroxylation sites is 1. The number of amides is 1. The molecular weight excluding hydrogens is 334 g/mol. The lowest BCUT2D eigenvalue weighted by Gasteiger charge is -2.16. The van der Waals surface area contributed by atoms with Crippen molar-refractivity contribution in [2.24, 2.45) is 0 Å². The van der Waals surface area contributed by atoms with E-state index in [1.54, 1.807) is 29.2 Å². The average Bonchev–Trinajstić information content (AvgIpc) is 3.06. The number of rotatable bonds is 4. The molecule has 1 amide bonds. The molecule has 0 unspecified atom stereocenters. The molecule has 0 saturated carbocycles. The minimum atomic E-state index is -0.176. The Morgan fingerprint density at radius 3 is 2.68 bits per heavy atom. The zero-order chi connectivity index (χ0) is 18.0. The summed E-state index contributed by atoms with van der Waals surface area (Å²) in [6.45, 7) is 6.22. The Kier molecular flexibility index (Phi) is 4.91. The van der Waals surface area contributed by atoms with Crippen molar-refractivity contribution in [2.45, 2.75) is 26.7 Å². The van der Waals surface area contributed by atoms with Crippen molar-refractivity contribution in [1.82, 2.24) is 9.78 Å². The van der Waals surface area contributed by atoms with Crippen LogP contribution in [0, 0.1) is 6.92 Å². The smallest absolute Gasteiger partial charge is 0.258 e. The molecule has 128 valence electrons. The molecule has 0 radical (unpaired) electrons. The predicted molar refractivity (Wildman–Crippen MR) is 102 cm³/mol. The lowest BCUT2D eigenvalue weighted by Crippen LogP contribution is -2.14. The van der Waals surface area contributed by atoms with E-state index in [2.05, 4.69) is 24.3 Å². The second-order valence-electron chi connectivity index (χ2n) is 6.30. The summed E-state index contributed by atoms with van der Waals surface area (Å²) in [7, 11) is 0. The number of halogens is 1. The number of hydrogen-bond donors (Lipinski definition) is 1. The van der Waals surface area contributed by atoms with Gasteiger partial charge in [-0.1, -0.05) is 49.7 Å². The molecule has 3 aromatic rings. The Morgan fingerprint density at radius 2 is 1.96 bits per heavy atom. The molecule has 0 aliphatic carbocycles. The standard InChI is InChI=1S/C20H20ClN3O/c1-13(2)18-9-4-6-14(3)19(18)23-20(25)15-11-22-24(12-15)17-8-5-7-16(21)10-17/h4-13H,1-3H3,(H,23,25). The van der Waals surface area contributed by atoms with Crippen LogP contribution in [0.3, 0.4) is 0 Å². The molecule has 4 nitrogen and oxygen atoms in total. The van der Waals surface area contributed by atoms with Crippen LogP contribution in [0.15, 0.2) is 54.9 Å². The van der Waals surface area contributed by atoms with Gasteiger partial charge in [0.1, 0.15) is 0 Å². The third-order valence-electron chi connectivity index (χ3n) is 4.08. The average molecular weight is 354 g/mol. The molecule has 1 N–H and O–H groups in total. The maximum atomic E-state index is 12.7. The first-order valence-corrected chi connectivity index (χ1v) is 8.55. The summed E-state index contributed by atoms with van der Waals surface area (Å²) in [4.78, 5) is 12.7. The fraction of sp³-hybridized carbons (Fsp3) is 0.200. The van der Waals surface area contributed by atoms with Crippen LogP contribution in [0.4, 0.5) is 5.69 Å². The van der Waals surface area contributed by atoms with Gasteiger partial charge < -0.3 is 5.32 Å². The van der Waals surface area contributed by atoms with Crippen molar-refractivity contribution in [1.29, 1.82) is 0 Å². The first kappa shape index (κ1) is 17.2. The van der Waals surface area contributed by atoms with Gasteiger partial charge in [0.2, 0.25) is 0 Å². The highest BCUT2D eigenvalue weighted by molar-refractivity contribution is 6.30. The highest BCUT2D eigenvalue weighted by atomic mass is 35.5. The van der Waals surface area contributed by atoms with E-state index in [-0.39, 0.29) is 5.91 Å². The maximum absolute atomic E-state index is 12.7. The van der Waals surface area contributed by atoms with E-state index in [1.165, 1.54) is 0 Å². The number of nitrogens with one attached hydrogen (secondary N) is 1. The third kappa shape index (κ3) is 3.74. The molecule has 0 spiro atoms. The number of carbonyl (C=O) groups excluding carboxylic acids is 1. The molecule has 25 heavy (non-hydrogen) atoms. The van der Waals surface area contributed by atoms with Gasteiger partial charge in [0.25, 0.3) is 5.91 Å². The fourth-order valence-corrected chi connectivity index (χ4v) is 2.91. The van der Waals surface area contributed by atoms with Gasteiger partial charge in [-0.05, 0) is 42.2 Å². The summed E-state index contributed by atoms with van der Waals surface area (Å²) in [5, 5.41) is 7.93. The van der Waals surface area contributed by atoms with E-state index in [0.717, 1.165) is 22.5 Å². The molecule has 2 aromatic carbocycles. The number of anilines is 1. The summed E-state index contributed by atoms with van der Waals surface area (Å²) < 4.78 is 1.64. The van der Waals surface area contributed by atoms with Crippen LogP contribution in [0.2, 0.25) is 5.02 Å². The molecule has 1 heterocycles. The fourth-order valence-electron chi connectivity index (χ4n) is 2.73. The van der Waals surface area contributed by atoms with Gasteiger partial charge >= 0.3 is 0 Å². The molecule has 1 aromatic heterocycles. The van der Waals surface area contributed by atoms with Crippen LogP contribution in [0.25, 0.3) is 5.69 Å². The number of aromatic nitrogens is 2. The summed E-state index contributed by atoms with van der Waals surface area (Å²) in [5.41, 5.74) is 4.35. The Labute approximate surface area is 152 Å². The van der Waals surface area contributed by atoms with Crippen molar-refractivity contribution in [3.8, 4) is 5.69 Å². The second-order valence-corrected chi connectivity index (χ2v) is 6.74. The highest BCUT2D eigenvalue weighted by Gasteiger charge is 2.15. The molecule has 0 fully saturated rings. The van der Waals surface area contributed by atoms with Gasteiger partial charge in [0.05, 0.1) is 17.4 Å². The van der Waals surface area contributed by atoms with Crippen molar-refractivity contribution in [2.75, 3.05) is 5.32 Å². The van der Waals surface area contributed by atoms with Gasteiger partial charge in [-0.15, -0.1) is 0 Å². The van der Waals surface area contributed by atoms with Gasteiger partial charge in [0.15, 0.2) is 0 Å². The molecule has 0 aliphatic heterocycles. The SMILES string of the molecule is Cc1cccc(C(C)C)c1NC(=O)c1cnn(-c2cccc(Cl)c2)c1. The van der Waals surface area contributed by atoms with Crippen LogP contribution in [0.5, 0.6) is 0 Å². The van der Waals surface area contributed by atoms with Gasteiger partial charge in [0, 0.05) is 16.9 Å². The van der Waals surface area contributed by atoms with E-state index in [0.29, 0.717) is 16.5 Å². The van der Waals surface area contributed by atoms with Crippen molar-refractivity contribution >= 4 is 23.2 Å². The molecule has 0 saturated heterocycles. The normalized spacial score (nSPS) is 10.9. The molecule has 3 rings (SSSR count). The first-order chi connectivity index (χ1) is 12.0. The van der Waals surface area contributed by atoms with Crippen LogP contribution in [0.1, 0.15) is 41.3 Å². The van der Waals surface area contributed by atoms with E-state index in [9.17, 15) is 4.79 Å². The Bertz CT molecular complexity index is 915. The van der Waals surface area contributed by atoms with Crippen LogP contribution in [-0.2, 0) is 0 Å². The number of carbonyl (C=O) groups is 1. The molecule has 0 aliphatic rings. The lowest BCUT2D eigenvalue weighted by atomic mass is 9.98. The number of hydrogen-bond acceptors (Lipinski definition) is 2. The summed E-state index contributed by atoms with van der Waals surface area (Å²) >= 11 is 6.02. The Balaban J connectivity index is 1.86. The Morgan fingerprint density at radius 1 is 1.20 bits per heavy atom. The number of nitrogens with zero attached hydrogens (tertiary/aromatic N) is 2. The van der Waals surface area contributed by atoms with E-state index in [4.69, 9.17) is 11.6 Å². The van der Waals surface area contributed by atoms with Gasteiger partial charge in [-0.25, -0.2) is 4.68 Å². The first-order valence-electron chi connectivity index (χ1n) is 8.17. The van der Waals surface area contributed by atoms with Crippen molar-refractivity contribution in [3.63, 3.8) is 0 Å². The zero-order valence-electron chi connectivity index (χ0n) is 14.5. The number of benzene rings is 2.